The molecule has 0 amide bonds. The second-order valence-electron chi connectivity index (χ2n) is 6.46. The number of nitrogens with zero attached hydrogens (tertiary/aromatic N) is 1. The first-order chi connectivity index (χ1) is 12.1. The maximum atomic E-state index is 10.7. The molecule has 0 atom stereocenters. The number of hydrogen-bond donors (Lipinski definition) is 3. The first-order valence-electron chi connectivity index (χ1n) is 8.61. The lowest BCUT2D eigenvalue weighted by Crippen LogP contribution is -2.33. The molecule has 5 heteroatoms. The first-order valence-corrected chi connectivity index (χ1v) is 8.61. The lowest BCUT2D eigenvalue weighted by Gasteiger charge is -2.27. The van der Waals surface area contributed by atoms with Gasteiger partial charge in [-0.1, -0.05) is 24.3 Å². The van der Waals surface area contributed by atoms with Crippen LogP contribution in [0.5, 0.6) is 0 Å². The van der Waals surface area contributed by atoms with Crippen LogP contribution in [-0.4, -0.2) is 28.1 Å². The molecule has 2 aromatic rings. The van der Waals surface area contributed by atoms with Crippen molar-refractivity contribution in [2.24, 2.45) is 5.73 Å². The number of nitrogens with one attached hydrogen (secondary N) is 1. The highest BCUT2D eigenvalue weighted by molar-refractivity contribution is 5.85. The van der Waals surface area contributed by atoms with Crippen molar-refractivity contribution in [1.82, 2.24) is 4.98 Å². The highest BCUT2D eigenvalue weighted by atomic mass is 16.4. The number of pyridine rings is 1. The molecule has 0 bridgehead atoms. The number of anilines is 1. The molecule has 1 fully saturated rings. The van der Waals surface area contributed by atoms with Crippen LogP contribution in [0.4, 0.5) is 5.82 Å². The molecule has 1 aromatic heterocycles. The van der Waals surface area contributed by atoms with E-state index < -0.39 is 5.97 Å². The third kappa shape index (κ3) is 4.90. The predicted octanol–water partition coefficient (Wildman–Crippen LogP) is 3.53. The Balaban J connectivity index is 1.75. The Labute approximate surface area is 147 Å². The lowest BCUT2D eigenvalue weighted by atomic mass is 9.92. The van der Waals surface area contributed by atoms with Crippen molar-refractivity contribution in [3.8, 4) is 11.3 Å². The van der Waals surface area contributed by atoms with E-state index in [0.717, 1.165) is 54.4 Å². The monoisotopic (exact) mass is 337 g/mol. The molecule has 130 valence electrons. The fourth-order valence-corrected chi connectivity index (χ4v) is 3.12. The number of aromatic nitrogens is 1. The van der Waals surface area contributed by atoms with E-state index in [2.05, 4.69) is 5.32 Å². The molecule has 0 saturated heterocycles. The fourth-order valence-electron chi connectivity index (χ4n) is 3.12. The zero-order valence-corrected chi connectivity index (χ0v) is 14.1. The molecule has 1 aliphatic carbocycles. The average molecular weight is 337 g/mol. The number of hydrogen-bond acceptors (Lipinski definition) is 4. The molecule has 1 aliphatic rings. The maximum absolute atomic E-state index is 10.7. The summed E-state index contributed by atoms with van der Waals surface area (Å²) in [6.45, 7) is 0. The highest BCUT2D eigenvalue weighted by Crippen LogP contribution is 2.23. The lowest BCUT2D eigenvalue weighted by molar-refractivity contribution is -0.131. The van der Waals surface area contributed by atoms with E-state index >= 15 is 0 Å². The smallest absolute Gasteiger partial charge is 0.328 e. The molecule has 0 radical (unpaired) electrons. The van der Waals surface area contributed by atoms with Crippen LogP contribution >= 0.6 is 0 Å². The van der Waals surface area contributed by atoms with Crippen molar-refractivity contribution in [3.05, 3.63) is 54.1 Å². The van der Waals surface area contributed by atoms with Crippen LogP contribution in [0.2, 0.25) is 0 Å². The summed E-state index contributed by atoms with van der Waals surface area (Å²) in [5, 5.41) is 12.3. The van der Waals surface area contributed by atoms with Crippen molar-refractivity contribution in [1.29, 1.82) is 0 Å². The molecule has 1 saturated carbocycles. The van der Waals surface area contributed by atoms with Crippen LogP contribution in [0.15, 0.2) is 48.5 Å². The highest BCUT2D eigenvalue weighted by Gasteiger charge is 2.18. The quantitative estimate of drug-likeness (QED) is 0.726. The summed E-state index contributed by atoms with van der Waals surface area (Å²) in [5.41, 5.74) is 8.62. The normalized spacial score (nSPS) is 20.5. The van der Waals surface area contributed by atoms with Gasteiger partial charge in [-0.3, -0.25) is 0 Å². The Bertz CT molecular complexity index is 765. The standard InChI is InChI=1S/C20H23N3O2/c21-16-8-10-17(11-9-16)22-19-6-2-5-18(23-19)15-4-1-3-14(13-15)7-12-20(24)25/h1-7,12-13,16-17H,8-11,21H2,(H,22,23)(H,24,25)/b12-7+/t16-,17-. The molecule has 3 rings (SSSR count). The third-order valence-corrected chi connectivity index (χ3v) is 4.47. The molecular formula is C20H23N3O2. The van der Waals surface area contributed by atoms with Crippen LogP contribution in [-0.2, 0) is 4.79 Å². The second kappa shape index (κ2) is 7.94. The Morgan fingerprint density at radius 2 is 1.92 bits per heavy atom. The Morgan fingerprint density at radius 3 is 2.68 bits per heavy atom. The number of carbonyl (C=O) groups is 1. The van der Waals surface area contributed by atoms with Gasteiger partial charge in [0.1, 0.15) is 5.82 Å². The number of carboxylic acids is 1. The molecule has 0 spiro atoms. The van der Waals surface area contributed by atoms with Gasteiger partial charge in [-0.15, -0.1) is 0 Å². The van der Waals surface area contributed by atoms with E-state index in [9.17, 15) is 4.79 Å². The van der Waals surface area contributed by atoms with Crippen LogP contribution in [0, 0.1) is 0 Å². The SMILES string of the molecule is N[C@H]1CC[C@H](Nc2cccc(-c3cccc(/C=C/C(=O)O)c3)n2)CC1. The minimum absolute atomic E-state index is 0.332. The maximum Gasteiger partial charge on any atom is 0.328 e. The zero-order valence-electron chi connectivity index (χ0n) is 14.1. The average Bonchev–Trinajstić information content (AvgIpc) is 2.62. The summed E-state index contributed by atoms with van der Waals surface area (Å²) in [5.74, 6) is -0.0913. The minimum Gasteiger partial charge on any atom is -0.478 e. The largest absolute Gasteiger partial charge is 0.478 e. The van der Waals surface area contributed by atoms with Crippen LogP contribution in [0.3, 0.4) is 0 Å². The third-order valence-electron chi connectivity index (χ3n) is 4.47. The van der Waals surface area contributed by atoms with Gasteiger partial charge in [-0.2, -0.15) is 0 Å². The molecule has 1 heterocycles. The number of aliphatic carboxylic acids is 1. The van der Waals surface area contributed by atoms with Gasteiger partial charge in [0, 0.05) is 23.7 Å². The fraction of sp³-hybridized carbons (Fsp3) is 0.300. The van der Waals surface area contributed by atoms with Gasteiger partial charge in [0.25, 0.3) is 0 Å². The molecule has 25 heavy (non-hydrogen) atoms. The Morgan fingerprint density at radius 1 is 1.16 bits per heavy atom. The van der Waals surface area contributed by atoms with E-state index in [4.69, 9.17) is 15.8 Å². The summed E-state index contributed by atoms with van der Waals surface area (Å²) < 4.78 is 0. The molecule has 4 N–H and O–H groups in total. The van der Waals surface area contributed by atoms with Gasteiger partial charge in [0.05, 0.1) is 5.69 Å². The summed E-state index contributed by atoms with van der Waals surface area (Å²) in [7, 11) is 0. The van der Waals surface area contributed by atoms with Gasteiger partial charge in [0.15, 0.2) is 0 Å². The van der Waals surface area contributed by atoms with Crippen LogP contribution in [0.25, 0.3) is 17.3 Å². The first kappa shape index (κ1) is 17.2. The summed E-state index contributed by atoms with van der Waals surface area (Å²) >= 11 is 0. The van der Waals surface area contributed by atoms with E-state index in [1.54, 1.807) is 6.08 Å². The molecule has 0 unspecified atom stereocenters. The van der Waals surface area contributed by atoms with Crippen LogP contribution in [0.1, 0.15) is 31.2 Å². The number of carboxylic acid groups (broad SMARTS) is 1. The van der Waals surface area contributed by atoms with Crippen molar-refractivity contribution in [2.75, 3.05) is 5.32 Å². The summed E-state index contributed by atoms with van der Waals surface area (Å²) in [4.78, 5) is 15.4. The van der Waals surface area contributed by atoms with Crippen molar-refractivity contribution < 1.29 is 9.90 Å². The van der Waals surface area contributed by atoms with Crippen molar-refractivity contribution in [3.63, 3.8) is 0 Å². The molecule has 1 aromatic carbocycles. The number of rotatable bonds is 5. The molecular weight excluding hydrogens is 314 g/mol. The number of benzene rings is 1. The van der Waals surface area contributed by atoms with E-state index in [1.165, 1.54) is 0 Å². The van der Waals surface area contributed by atoms with Crippen LogP contribution < -0.4 is 11.1 Å². The number of nitrogens with two attached hydrogens (primary N) is 1. The summed E-state index contributed by atoms with van der Waals surface area (Å²) in [6.07, 6.45) is 6.97. The zero-order chi connectivity index (χ0) is 17.6. The minimum atomic E-state index is -0.957. The van der Waals surface area contributed by atoms with Gasteiger partial charge in [-0.05, 0) is 55.5 Å². The van der Waals surface area contributed by atoms with Gasteiger partial charge >= 0.3 is 5.97 Å². The van der Waals surface area contributed by atoms with Gasteiger partial charge in [-0.25, -0.2) is 9.78 Å². The molecule has 0 aliphatic heterocycles. The van der Waals surface area contributed by atoms with E-state index in [1.807, 2.05) is 42.5 Å². The van der Waals surface area contributed by atoms with Crippen molar-refractivity contribution in [2.45, 2.75) is 37.8 Å². The molecule has 5 nitrogen and oxygen atoms in total. The predicted molar refractivity (Wildman–Crippen MR) is 100 cm³/mol. The van der Waals surface area contributed by atoms with Gasteiger partial charge < -0.3 is 16.2 Å². The van der Waals surface area contributed by atoms with E-state index in [0.29, 0.717) is 12.1 Å². The van der Waals surface area contributed by atoms with Crippen molar-refractivity contribution >= 4 is 17.9 Å². The van der Waals surface area contributed by atoms with Gasteiger partial charge in [0.2, 0.25) is 0 Å². The topological polar surface area (TPSA) is 88.2 Å². The second-order valence-corrected chi connectivity index (χ2v) is 6.46. The Hall–Kier alpha value is -2.66. The Kier molecular flexibility index (Phi) is 5.46. The van der Waals surface area contributed by atoms with E-state index in [-0.39, 0.29) is 0 Å². The summed E-state index contributed by atoms with van der Waals surface area (Å²) in [6, 6.07) is 14.4.